The van der Waals surface area contributed by atoms with E-state index in [-0.39, 0.29) is 18.4 Å². The Bertz CT molecular complexity index is 347. The Balaban J connectivity index is 2.46. The summed E-state index contributed by atoms with van der Waals surface area (Å²) in [7, 11) is 0. The maximum Gasteiger partial charge on any atom is 0.254 e. The van der Waals surface area contributed by atoms with Crippen LogP contribution in [0.3, 0.4) is 0 Å². The Morgan fingerprint density at radius 1 is 1.62 bits per heavy atom. The third kappa shape index (κ3) is 3.34. The summed E-state index contributed by atoms with van der Waals surface area (Å²) in [5, 5.41) is 16.2. The largest absolute Gasteiger partial charge is 0.391 e. The molecular formula is C11H19N3O2. The minimum atomic E-state index is -0.509. The molecule has 5 heteroatoms. The second-order valence-electron chi connectivity index (χ2n) is 4.11. The van der Waals surface area contributed by atoms with Gasteiger partial charge in [-0.15, -0.1) is 0 Å². The average Bonchev–Trinajstić information content (AvgIpc) is 2.73. The molecule has 1 amide bonds. The lowest BCUT2D eigenvalue weighted by molar-refractivity contribution is 0.0871. The average molecular weight is 225 g/mol. The molecule has 0 aliphatic rings. The van der Waals surface area contributed by atoms with Crippen molar-refractivity contribution >= 4 is 5.91 Å². The quantitative estimate of drug-likeness (QED) is 0.773. The highest BCUT2D eigenvalue weighted by atomic mass is 16.3. The van der Waals surface area contributed by atoms with Crippen LogP contribution in [0.25, 0.3) is 0 Å². The molecule has 0 saturated carbocycles. The van der Waals surface area contributed by atoms with E-state index in [0.717, 1.165) is 6.54 Å². The van der Waals surface area contributed by atoms with Gasteiger partial charge in [0.05, 0.1) is 17.9 Å². The number of rotatable bonds is 5. The Kier molecular flexibility index (Phi) is 4.49. The first kappa shape index (κ1) is 12.7. The Morgan fingerprint density at radius 2 is 2.31 bits per heavy atom. The number of nitrogens with one attached hydrogen (secondary N) is 1. The van der Waals surface area contributed by atoms with Gasteiger partial charge in [-0.3, -0.25) is 9.48 Å². The number of aliphatic hydroxyl groups is 1. The van der Waals surface area contributed by atoms with E-state index >= 15 is 0 Å². The summed E-state index contributed by atoms with van der Waals surface area (Å²) in [4.78, 5) is 11.6. The lowest BCUT2D eigenvalue weighted by Gasteiger charge is -2.14. The molecule has 1 heterocycles. The zero-order chi connectivity index (χ0) is 12.1. The van der Waals surface area contributed by atoms with Crippen molar-refractivity contribution in [3.8, 4) is 0 Å². The smallest absolute Gasteiger partial charge is 0.254 e. The van der Waals surface area contributed by atoms with Gasteiger partial charge in [0.1, 0.15) is 0 Å². The summed E-state index contributed by atoms with van der Waals surface area (Å²) in [6, 6.07) is 0. The first-order valence-corrected chi connectivity index (χ1v) is 5.53. The molecule has 0 saturated heterocycles. The molecule has 0 aromatic carbocycles. The maximum absolute atomic E-state index is 11.6. The van der Waals surface area contributed by atoms with Gasteiger partial charge in [-0.1, -0.05) is 13.8 Å². The van der Waals surface area contributed by atoms with Crippen molar-refractivity contribution in [1.82, 2.24) is 15.1 Å². The van der Waals surface area contributed by atoms with Crippen molar-refractivity contribution in [3.63, 3.8) is 0 Å². The van der Waals surface area contributed by atoms with Gasteiger partial charge < -0.3 is 10.4 Å². The fourth-order valence-corrected chi connectivity index (χ4v) is 1.19. The van der Waals surface area contributed by atoms with Gasteiger partial charge in [0.15, 0.2) is 0 Å². The molecule has 1 atom stereocenters. The van der Waals surface area contributed by atoms with Crippen molar-refractivity contribution in [2.24, 2.45) is 5.92 Å². The van der Waals surface area contributed by atoms with E-state index in [9.17, 15) is 9.90 Å². The summed E-state index contributed by atoms with van der Waals surface area (Å²) in [6.07, 6.45) is 2.71. The maximum atomic E-state index is 11.6. The van der Waals surface area contributed by atoms with Crippen LogP contribution in [0.1, 0.15) is 31.1 Å². The third-order valence-corrected chi connectivity index (χ3v) is 2.46. The molecule has 0 aliphatic heterocycles. The van der Waals surface area contributed by atoms with Crippen LogP contribution in [0.4, 0.5) is 0 Å². The third-order valence-electron chi connectivity index (χ3n) is 2.46. The number of carbonyl (C=O) groups is 1. The molecule has 1 unspecified atom stereocenters. The SMILES string of the molecule is CCn1cc(C(=O)NCC(O)C(C)C)cn1. The van der Waals surface area contributed by atoms with Crippen LogP contribution in [0.2, 0.25) is 0 Å². The summed E-state index contributed by atoms with van der Waals surface area (Å²) in [5.41, 5.74) is 0.526. The molecule has 0 bridgehead atoms. The standard InChI is InChI=1S/C11H19N3O2/c1-4-14-7-9(5-13-14)11(16)12-6-10(15)8(2)3/h5,7-8,10,15H,4,6H2,1-3H3,(H,12,16). The molecule has 16 heavy (non-hydrogen) atoms. The van der Waals surface area contributed by atoms with Crippen molar-refractivity contribution in [1.29, 1.82) is 0 Å². The van der Waals surface area contributed by atoms with Gasteiger partial charge >= 0.3 is 0 Å². The predicted molar refractivity (Wildman–Crippen MR) is 61.1 cm³/mol. The lowest BCUT2D eigenvalue weighted by Crippen LogP contribution is -2.34. The highest BCUT2D eigenvalue weighted by Crippen LogP contribution is 2.01. The fraction of sp³-hybridized carbons (Fsp3) is 0.636. The minimum Gasteiger partial charge on any atom is -0.391 e. The second-order valence-corrected chi connectivity index (χ2v) is 4.11. The monoisotopic (exact) mass is 225 g/mol. The van der Waals surface area contributed by atoms with Crippen LogP contribution in [0.5, 0.6) is 0 Å². The molecule has 0 aliphatic carbocycles. The van der Waals surface area contributed by atoms with E-state index in [1.165, 1.54) is 6.20 Å². The number of carbonyl (C=O) groups excluding carboxylic acids is 1. The Labute approximate surface area is 95.5 Å². The van der Waals surface area contributed by atoms with E-state index in [0.29, 0.717) is 5.56 Å². The normalized spacial score (nSPS) is 12.8. The van der Waals surface area contributed by atoms with E-state index in [4.69, 9.17) is 0 Å². The number of aliphatic hydroxyl groups excluding tert-OH is 1. The molecule has 0 spiro atoms. The van der Waals surface area contributed by atoms with E-state index in [1.807, 2.05) is 20.8 Å². The van der Waals surface area contributed by atoms with Gasteiger partial charge in [0, 0.05) is 19.3 Å². The minimum absolute atomic E-state index is 0.138. The number of nitrogens with zero attached hydrogens (tertiary/aromatic N) is 2. The van der Waals surface area contributed by atoms with Crippen LogP contribution in [0, 0.1) is 5.92 Å². The number of hydrogen-bond donors (Lipinski definition) is 2. The summed E-state index contributed by atoms with van der Waals surface area (Å²) >= 11 is 0. The first-order valence-electron chi connectivity index (χ1n) is 5.53. The van der Waals surface area contributed by atoms with Crippen LogP contribution < -0.4 is 5.32 Å². The van der Waals surface area contributed by atoms with Crippen molar-refractivity contribution in [3.05, 3.63) is 18.0 Å². The van der Waals surface area contributed by atoms with Crippen molar-refractivity contribution < 1.29 is 9.90 Å². The highest BCUT2D eigenvalue weighted by molar-refractivity contribution is 5.93. The molecule has 1 aromatic rings. The van der Waals surface area contributed by atoms with E-state index in [1.54, 1.807) is 10.9 Å². The van der Waals surface area contributed by atoms with Crippen LogP contribution >= 0.6 is 0 Å². The molecular weight excluding hydrogens is 206 g/mol. The van der Waals surface area contributed by atoms with Crippen molar-refractivity contribution in [2.75, 3.05) is 6.54 Å². The van der Waals surface area contributed by atoms with E-state index < -0.39 is 6.10 Å². The predicted octanol–water partition coefficient (Wildman–Crippen LogP) is 0.650. The zero-order valence-electron chi connectivity index (χ0n) is 9.97. The van der Waals surface area contributed by atoms with Crippen LogP contribution in [-0.2, 0) is 6.54 Å². The van der Waals surface area contributed by atoms with E-state index in [2.05, 4.69) is 10.4 Å². The topological polar surface area (TPSA) is 67.2 Å². The van der Waals surface area contributed by atoms with Gasteiger partial charge in [-0.2, -0.15) is 5.10 Å². The molecule has 5 nitrogen and oxygen atoms in total. The zero-order valence-corrected chi connectivity index (χ0v) is 9.97. The number of hydrogen-bond acceptors (Lipinski definition) is 3. The number of aromatic nitrogens is 2. The molecule has 0 radical (unpaired) electrons. The Morgan fingerprint density at radius 3 is 2.81 bits per heavy atom. The number of aryl methyl sites for hydroxylation is 1. The molecule has 0 fully saturated rings. The first-order chi connectivity index (χ1) is 7.54. The molecule has 1 aromatic heterocycles. The lowest BCUT2D eigenvalue weighted by atomic mass is 10.1. The summed E-state index contributed by atoms with van der Waals surface area (Å²) in [5.74, 6) is -0.0573. The van der Waals surface area contributed by atoms with Crippen LogP contribution in [-0.4, -0.2) is 33.4 Å². The molecule has 90 valence electrons. The fourth-order valence-electron chi connectivity index (χ4n) is 1.19. The molecule has 2 N–H and O–H groups in total. The molecule has 1 rings (SSSR count). The Hall–Kier alpha value is -1.36. The van der Waals surface area contributed by atoms with Crippen molar-refractivity contribution in [2.45, 2.75) is 33.4 Å². The number of amides is 1. The summed E-state index contributed by atoms with van der Waals surface area (Å²) in [6.45, 7) is 6.78. The summed E-state index contributed by atoms with van der Waals surface area (Å²) < 4.78 is 1.69. The van der Waals surface area contributed by atoms with Gasteiger partial charge in [-0.05, 0) is 12.8 Å². The highest BCUT2D eigenvalue weighted by Gasteiger charge is 2.12. The van der Waals surface area contributed by atoms with Gasteiger partial charge in [-0.25, -0.2) is 0 Å². The second kappa shape index (κ2) is 5.65. The van der Waals surface area contributed by atoms with Crippen LogP contribution in [0.15, 0.2) is 12.4 Å². The van der Waals surface area contributed by atoms with Gasteiger partial charge in [0.25, 0.3) is 5.91 Å². The van der Waals surface area contributed by atoms with Gasteiger partial charge in [0.2, 0.25) is 0 Å².